The normalized spacial score (nSPS) is 11.9. The van der Waals surface area contributed by atoms with E-state index in [4.69, 9.17) is 9.66 Å². The van der Waals surface area contributed by atoms with Gasteiger partial charge in [0, 0.05) is 6.42 Å². The molecule has 0 aromatic carbocycles. The van der Waals surface area contributed by atoms with Crippen molar-refractivity contribution in [3.8, 4) is 0 Å². The van der Waals surface area contributed by atoms with Crippen molar-refractivity contribution in [1.82, 2.24) is 0 Å². The molecule has 1 unspecified atom stereocenters. The van der Waals surface area contributed by atoms with Crippen molar-refractivity contribution in [2.75, 3.05) is 0 Å². The van der Waals surface area contributed by atoms with Crippen molar-refractivity contribution in [3.05, 3.63) is 12.2 Å². The van der Waals surface area contributed by atoms with E-state index < -0.39 is 39.7 Å². The van der Waals surface area contributed by atoms with Gasteiger partial charge in [-0.15, -0.1) is 0 Å². The number of carboxylic acids is 1. The summed E-state index contributed by atoms with van der Waals surface area (Å²) < 4.78 is 35.4. The van der Waals surface area contributed by atoms with Gasteiger partial charge in [-0.1, -0.05) is 70.4 Å². The van der Waals surface area contributed by atoms with E-state index >= 15 is 0 Å². The summed E-state index contributed by atoms with van der Waals surface area (Å²) in [5, 5.41) is 6.31. The summed E-state index contributed by atoms with van der Waals surface area (Å²) in [6.07, 6.45) is 17.5. The summed E-state index contributed by atoms with van der Waals surface area (Å²) in [5.41, 5.74) is 0. The first-order chi connectivity index (χ1) is 14.7. The third kappa shape index (κ3) is 23.8. The summed E-state index contributed by atoms with van der Waals surface area (Å²) in [6.45, 7) is 2.22. The number of carbonyl (C=O) groups is 3. The van der Waals surface area contributed by atoms with Crippen molar-refractivity contribution in [2.45, 2.75) is 108 Å². The smallest absolute Gasteiger partial charge is 1.00 e. The Labute approximate surface area is 246 Å². The number of allylic oxidation sites excluding steroid dienone is 2. The fourth-order valence-corrected chi connectivity index (χ4v) is 3.68. The number of esters is 2. The van der Waals surface area contributed by atoms with Crippen LogP contribution in [0.1, 0.15) is 106 Å². The van der Waals surface area contributed by atoms with Crippen molar-refractivity contribution >= 4 is 28.0 Å². The Kier molecular flexibility index (Phi) is 27.5. The van der Waals surface area contributed by atoms with Crippen LogP contribution in [0.25, 0.3) is 0 Å². The van der Waals surface area contributed by atoms with Gasteiger partial charge in [0.1, 0.15) is 0 Å². The van der Waals surface area contributed by atoms with Gasteiger partial charge in [-0.2, -0.15) is 8.42 Å². The van der Waals surface area contributed by atoms with Crippen LogP contribution in [0.5, 0.6) is 0 Å². The second-order valence-corrected chi connectivity index (χ2v) is 9.33. The second kappa shape index (κ2) is 24.0. The molecule has 0 rings (SSSR count). The molecule has 0 saturated carbocycles. The van der Waals surface area contributed by atoms with E-state index in [-0.39, 0.29) is 68.4 Å². The molecular formula is C22H40Na2O8S. The fourth-order valence-electron chi connectivity index (χ4n) is 3.04. The summed E-state index contributed by atoms with van der Waals surface area (Å²) in [4.78, 5) is 33.9. The number of aliphatic carboxylic acids is 1. The number of rotatable bonds is 19. The average Bonchev–Trinajstić information content (AvgIpc) is 2.68. The van der Waals surface area contributed by atoms with Gasteiger partial charge in [0.2, 0.25) is 0 Å². The van der Waals surface area contributed by atoms with Gasteiger partial charge in [0.15, 0.2) is 5.25 Å². The molecule has 0 spiro atoms. The SMILES string of the molecule is CCCCCCCC/C=C\CCCCCCCC(=O)OC(=O)C(CC(=O)O)S(=O)(=O)O.[H-].[H-].[Na+].[Na+]. The molecule has 8 nitrogen and oxygen atoms in total. The standard InChI is InChI=1S/C22H38O8S.2Na.2H/c1-2-3-4-5-6-7-8-9-10-11-12-13-14-15-16-17-21(25)30-22(26)19(18-20(23)24)31(27,28)29;;;;/h9-10,19H,2-8,11-18H2,1H3,(H,23,24)(H,27,28,29);;;;/q;2*+1;2*-1/b10-9-;;;;. The minimum Gasteiger partial charge on any atom is -1.00 e. The van der Waals surface area contributed by atoms with Crippen molar-refractivity contribution in [3.63, 3.8) is 0 Å². The van der Waals surface area contributed by atoms with Crippen LogP contribution in [-0.2, 0) is 29.2 Å². The maximum atomic E-state index is 11.6. The number of carbonyl (C=O) groups excluding carboxylic acids is 2. The number of carboxylic acid groups (broad SMARTS) is 1. The summed E-state index contributed by atoms with van der Waals surface area (Å²) >= 11 is 0. The van der Waals surface area contributed by atoms with Crippen LogP contribution in [0.4, 0.5) is 0 Å². The first-order valence-corrected chi connectivity index (χ1v) is 12.8. The molecule has 0 aliphatic rings. The third-order valence-corrected chi connectivity index (χ3v) is 5.92. The van der Waals surface area contributed by atoms with Crippen LogP contribution in [0.3, 0.4) is 0 Å². The van der Waals surface area contributed by atoms with E-state index in [1.165, 1.54) is 38.5 Å². The molecule has 0 aromatic rings. The molecule has 184 valence electrons. The topological polar surface area (TPSA) is 135 Å². The Balaban J connectivity index is -0.000000750. The summed E-state index contributed by atoms with van der Waals surface area (Å²) in [7, 11) is -4.97. The maximum absolute atomic E-state index is 11.6. The Morgan fingerprint density at radius 2 is 1.30 bits per heavy atom. The number of hydrogen-bond donors (Lipinski definition) is 2. The third-order valence-electron chi connectivity index (χ3n) is 4.84. The molecule has 1 atom stereocenters. The fraction of sp³-hybridized carbons (Fsp3) is 0.773. The number of ether oxygens (including phenoxy) is 1. The largest absolute Gasteiger partial charge is 1.00 e. The summed E-state index contributed by atoms with van der Waals surface area (Å²) in [6, 6.07) is 0. The van der Waals surface area contributed by atoms with E-state index in [1.54, 1.807) is 0 Å². The molecule has 0 aromatic heterocycles. The summed E-state index contributed by atoms with van der Waals surface area (Å²) in [5.74, 6) is -4.10. The molecule has 0 radical (unpaired) electrons. The Morgan fingerprint density at radius 1 is 0.848 bits per heavy atom. The molecule has 11 heteroatoms. The molecule has 0 aliphatic heterocycles. The van der Waals surface area contributed by atoms with Gasteiger partial charge in [-0.25, -0.2) is 0 Å². The van der Waals surface area contributed by atoms with Gasteiger partial charge in [0.25, 0.3) is 10.1 Å². The van der Waals surface area contributed by atoms with Crippen LogP contribution in [0.2, 0.25) is 0 Å². The molecule has 0 aliphatic carbocycles. The quantitative estimate of drug-likeness (QED) is 0.0568. The van der Waals surface area contributed by atoms with E-state index in [2.05, 4.69) is 23.8 Å². The molecule has 0 bridgehead atoms. The van der Waals surface area contributed by atoms with E-state index in [9.17, 15) is 22.8 Å². The number of unbranched alkanes of at least 4 members (excludes halogenated alkanes) is 11. The van der Waals surface area contributed by atoms with Crippen LogP contribution in [0.15, 0.2) is 12.2 Å². The van der Waals surface area contributed by atoms with Gasteiger partial charge in [-0.05, 0) is 32.1 Å². The predicted octanol–water partition coefficient (Wildman–Crippen LogP) is -0.942. The Hall–Kier alpha value is 0.260. The van der Waals surface area contributed by atoms with E-state index in [1.807, 2.05) is 0 Å². The van der Waals surface area contributed by atoms with Crippen LogP contribution < -0.4 is 59.1 Å². The molecule has 0 heterocycles. The zero-order valence-electron chi connectivity index (χ0n) is 22.6. The molecule has 2 N–H and O–H groups in total. The van der Waals surface area contributed by atoms with Crippen LogP contribution >= 0.6 is 0 Å². The van der Waals surface area contributed by atoms with E-state index in [0.717, 1.165) is 38.5 Å². The van der Waals surface area contributed by atoms with E-state index in [0.29, 0.717) is 6.42 Å². The first kappa shape index (κ1) is 37.8. The van der Waals surface area contributed by atoms with Gasteiger partial charge < -0.3 is 12.7 Å². The molecule has 33 heavy (non-hydrogen) atoms. The van der Waals surface area contributed by atoms with Crippen LogP contribution in [-0.4, -0.2) is 41.2 Å². The Bertz CT molecular complexity index is 676. The molecule has 0 fully saturated rings. The molecular weight excluding hydrogens is 470 g/mol. The zero-order valence-corrected chi connectivity index (χ0v) is 25.4. The molecule has 0 saturated heterocycles. The minimum atomic E-state index is -4.97. The van der Waals surface area contributed by atoms with Crippen molar-refractivity contribution in [2.24, 2.45) is 0 Å². The first-order valence-electron chi connectivity index (χ1n) is 11.3. The van der Waals surface area contributed by atoms with Gasteiger partial charge in [0.05, 0.1) is 6.42 Å². The van der Waals surface area contributed by atoms with Crippen molar-refractivity contribution in [1.29, 1.82) is 0 Å². The number of hydrogen-bond acceptors (Lipinski definition) is 6. The second-order valence-electron chi connectivity index (χ2n) is 7.73. The Morgan fingerprint density at radius 3 is 1.76 bits per heavy atom. The zero-order chi connectivity index (χ0) is 23.5. The molecule has 0 amide bonds. The van der Waals surface area contributed by atoms with Gasteiger partial charge >= 0.3 is 77.0 Å². The van der Waals surface area contributed by atoms with Crippen LogP contribution in [0, 0.1) is 0 Å². The van der Waals surface area contributed by atoms with Crippen molar-refractivity contribution < 1.29 is 99.2 Å². The predicted molar refractivity (Wildman–Crippen MR) is 120 cm³/mol. The van der Waals surface area contributed by atoms with Gasteiger partial charge in [-0.3, -0.25) is 18.9 Å². The average molecular weight is 511 g/mol. The maximum Gasteiger partial charge on any atom is 1.00 e. The monoisotopic (exact) mass is 510 g/mol. The minimum absolute atomic E-state index is 0.